The van der Waals surface area contributed by atoms with E-state index in [9.17, 15) is 0 Å². The molecule has 0 bridgehead atoms. The van der Waals surface area contributed by atoms with E-state index in [0.717, 1.165) is 29.6 Å². The Morgan fingerprint density at radius 2 is 1.69 bits per heavy atom. The smallest absolute Gasteiger partial charge is 0.0701 e. The lowest BCUT2D eigenvalue weighted by Crippen LogP contribution is -2.31. The molecule has 35 heavy (non-hydrogen) atoms. The molecule has 0 amide bonds. The Hall–Kier alpha value is -0.870. The highest BCUT2D eigenvalue weighted by Gasteiger charge is 2.27. The van der Waals surface area contributed by atoms with E-state index in [2.05, 4.69) is 47.0 Å². The summed E-state index contributed by atoms with van der Waals surface area (Å²) in [4.78, 5) is 3.47. The molecule has 6 nitrogen and oxygen atoms in total. The van der Waals surface area contributed by atoms with Gasteiger partial charge in [-0.1, -0.05) is 49.2 Å². The van der Waals surface area contributed by atoms with Gasteiger partial charge in [-0.25, -0.2) is 0 Å². The van der Waals surface area contributed by atoms with Crippen LogP contribution in [0.2, 0.25) is 10.0 Å². The minimum Gasteiger partial charge on any atom is -0.378 e. The molecule has 2 aromatic rings. The fourth-order valence-corrected chi connectivity index (χ4v) is 5.06. The Bertz CT molecular complexity index is 876. The molecule has 3 N–H and O–H groups in total. The number of hydrogen-bond acceptors (Lipinski definition) is 7. The maximum Gasteiger partial charge on any atom is 0.0701 e. The van der Waals surface area contributed by atoms with Crippen LogP contribution in [0.1, 0.15) is 36.5 Å². The summed E-state index contributed by atoms with van der Waals surface area (Å²) in [6.07, 6.45) is 0. The molecule has 3 rings (SSSR count). The van der Waals surface area contributed by atoms with Crippen LogP contribution in [0.4, 0.5) is 0 Å². The minimum atomic E-state index is 0.236. The highest BCUT2D eigenvalue weighted by molar-refractivity contribution is 7.97. The largest absolute Gasteiger partial charge is 0.378 e. The second kappa shape index (κ2) is 17.6. The summed E-state index contributed by atoms with van der Waals surface area (Å²) in [6.45, 7) is 10.5. The molecule has 0 saturated heterocycles. The SMILES string of the molecule is CC.CN1Cc2c(Cl)cc(Cl)cc2C(c2cccc(SNCCOCCOCCOCCN)c2)C1. The summed E-state index contributed by atoms with van der Waals surface area (Å²) >= 11 is 14.4. The lowest BCUT2D eigenvalue weighted by molar-refractivity contribution is 0.0172. The van der Waals surface area contributed by atoms with Crippen molar-refractivity contribution in [2.24, 2.45) is 5.73 Å². The fraction of sp³-hybridized carbons (Fsp3) is 0.538. The third-order valence-electron chi connectivity index (χ3n) is 5.30. The summed E-state index contributed by atoms with van der Waals surface area (Å²) in [5.41, 5.74) is 9.01. The van der Waals surface area contributed by atoms with Crippen molar-refractivity contribution in [3.63, 3.8) is 0 Å². The molecule has 1 atom stereocenters. The first-order valence-electron chi connectivity index (χ1n) is 12.2. The van der Waals surface area contributed by atoms with Gasteiger partial charge < -0.3 is 24.8 Å². The van der Waals surface area contributed by atoms with Crippen molar-refractivity contribution in [2.45, 2.75) is 31.2 Å². The van der Waals surface area contributed by atoms with Crippen LogP contribution in [0, 0.1) is 0 Å². The number of halogens is 2. The van der Waals surface area contributed by atoms with Gasteiger partial charge >= 0.3 is 0 Å². The highest BCUT2D eigenvalue weighted by Crippen LogP contribution is 2.39. The Labute approximate surface area is 224 Å². The predicted molar refractivity (Wildman–Crippen MR) is 148 cm³/mol. The zero-order valence-corrected chi connectivity index (χ0v) is 23.4. The van der Waals surface area contributed by atoms with Gasteiger partial charge in [-0.2, -0.15) is 0 Å². The predicted octanol–water partition coefficient (Wildman–Crippen LogP) is 5.20. The number of nitrogens with one attached hydrogen (secondary N) is 1. The highest BCUT2D eigenvalue weighted by atomic mass is 35.5. The van der Waals surface area contributed by atoms with Crippen LogP contribution >= 0.6 is 35.1 Å². The van der Waals surface area contributed by atoms with Crippen molar-refractivity contribution < 1.29 is 14.2 Å². The van der Waals surface area contributed by atoms with Crippen molar-refractivity contribution >= 4 is 35.1 Å². The number of nitrogens with zero attached hydrogens (tertiary/aromatic N) is 1. The van der Waals surface area contributed by atoms with Gasteiger partial charge in [0, 0.05) is 47.0 Å². The van der Waals surface area contributed by atoms with Crippen LogP contribution in [0.5, 0.6) is 0 Å². The van der Waals surface area contributed by atoms with Crippen molar-refractivity contribution in [2.75, 3.05) is 66.3 Å². The third kappa shape index (κ3) is 10.6. The molecule has 1 heterocycles. The van der Waals surface area contributed by atoms with Gasteiger partial charge in [0.25, 0.3) is 0 Å². The van der Waals surface area contributed by atoms with Crippen LogP contribution in [0.15, 0.2) is 41.3 Å². The zero-order chi connectivity index (χ0) is 25.5. The molecule has 196 valence electrons. The van der Waals surface area contributed by atoms with Crippen LogP contribution in [-0.4, -0.2) is 71.2 Å². The van der Waals surface area contributed by atoms with Gasteiger partial charge in [0.15, 0.2) is 0 Å². The second-order valence-electron chi connectivity index (χ2n) is 7.90. The number of ether oxygens (including phenoxy) is 3. The van der Waals surface area contributed by atoms with E-state index in [1.54, 1.807) is 11.9 Å². The number of likely N-dealkylation sites (N-methyl/N-ethyl adjacent to an activating group) is 1. The van der Waals surface area contributed by atoms with Gasteiger partial charge in [-0.05, 0) is 60.0 Å². The van der Waals surface area contributed by atoms with Crippen molar-refractivity contribution in [1.29, 1.82) is 0 Å². The Balaban J connectivity index is 0.00000210. The monoisotopic (exact) mass is 543 g/mol. The molecule has 1 aliphatic rings. The van der Waals surface area contributed by atoms with Crippen molar-refractivity contribution in [1.82, 2.24) is 9.62 Å². The zero-order valence-electron chi connectivity index (χ0n) is 21.0. The molecular formula is C26H39Cl2N3O3S. The first-order valence-corrected chi connectivity index (χ1v) is 13.7. The number of fused-ring (bicyclic) bond motifs is 1. The topological polar surface area (TPSA) is 69.0 Å². The van der Waals surface area contributed by atoms with E-state index < -0.39 is 0 Å². The van der Waals surface area contributed by atoms with Gasteiger partial charge in [0.2, 0.25) is 0 Å². The van der Waals surface area contributed by atoms with E-state index in [0.29, 0.717) is 51.2 Å². The molecule has 0 fully saturated rings. The molecule has 9 heteroatoms. The third-order valence-corrected chi connectivity index (χ3v) is 6.69. The van der Waals surface area contributed by atoms with E-state index in [1.165, 1.54) is 16.7 Å². The minimum absolute atomic E-state index is 0.236. The fourth-order valence-electron chi connectivity index (χ4n) is 3.80. The maximum absolute atomic E-state index is 6.51. The average Bonchev–Trinajstić information content (AvgIpc) is 2.86. The van der Waals surface area contributed by atoms with Gasteiger partial charge in [0.05, 0.1) is 39.6 Å². The molecule has 0 spiro atoms. The van der Waals surface area contributed by atoms with Gasteiger partial charge in [-0.3, -0.25) is 4.72 Å². The van der Waals surface area contributed by atoms with E-state index in [1.807, 2.05) is 19.9 Å². The Morgan fingerprint density at radius 1 is 1.00 bits per heavy atom. The van der Waals surface area contributed by atoms with E-state index >= 15 is 0 Å². The molecule has 0 aliphatic carbocycles. The van der Waals surface area contributed by atoms with Gasteiger partial charge in [-0.15, -0.1) is 0 Å². The number of hydrogen-bond donors (Lipinski definition) is 2. The first-order chi connectivity index (χ1) is 17.1. The normalized spacial score (nSPS) is 15.4. The van der Waals surface area contributed by atoms with Crippen LogP contribution < -0.4 is 10.5 Å². The van der Waals surface area contributed by atoms with Gasteiger partial charge in [0.1, 0.15) is 0 Å². The van der Waals surface area contributed by atoms with Crippen molar-refractivity contribution in [3.8, 4) is 0 Å². The first kappa shape index (κ1) is 30.4. The molecule has 0 radical (unpaired) electrons. The average molecular weight is 545 g/mol. The van der Waals surface area contributed by atoms with E-state index in [4.69, 9.17) is 43.1 Å². The summed E-state index contributed by atoms with van der Waals surface area (Å²) in [5, 5.41) is 1.43. The van der Waals surface area contributed by atoms with E-state index in [-0.39, 0.29) is 5.92 Å². The van der Waals surface area contributed by atoms with Crippen molar-refractivity contribution in [3.05, 3.63) is 63.1 Å². The summed E-state index contributed by atoms with van der Waals surface area (Å²) in [5.74, 6) is 0.236. The molecular weight excluding hydrogens is 505 g/mol. The Morgan fingerprint density at radius 3 is 2.40 bits per heavy atom. The molecule has 0 saturated carbocycles. The standard InChI is InChI=1S/C24H33Cl2N3O3S.C2H6/c1-29-16-22(21-14-19(25)15-24(26)23(21)17-29)18-3-2-4-20(13-18)33-28-6-8-31-10-12-32-11-9-30-7-5-27;1-2/h2-4,13-15,22,28H,5-12,16-17,27H2,1H3;1-2H3. The number of benzene rings is 2. The molecule has 1 unspecified atom stereocenters. The molecule has 2 aromatic carbocycles. The number of rotatable bonds is 14. The Kier molecular flexibility index (Phi) is 15.2. The number of nitrogens with two attached hydrogens (primary N) is 1. The summed E-state index contributed by atoms with van der Waals surface area (Å²) in [7, 11) is 2.13. The lowest BCUT2D eigenvalue weighted by Gasteiger charge is -2.33. The summed E-state index contributed by atoms with van der Waals surface area (Å²) in [6, 6.07) is 12.5. The molecule has 0 aromatic heterocycles. The lowest BCUT2D eigenvalue weighted by atomic mass is 9.85. The maximum atomic E-state index is 6.51. The van der Waals surface area contributed by atoms with Crippen LogP contribution in [-0.2, 0) is 20.8 Å². The van der Waals surface area contributed by atoms with Crippen LogP contribution in [0.3, 0.4) is 0 Å². The second-order valence-corrected chi connectivity index (χ2v) is 9.71. The molecule has 1 aliphatic heterocycles. The van der Waals surface area contributed by atoms with Crippen LogP contribution in [0.25, 0.3) is 0 Å². The quantitative estimate of drug-likeness (QED) is 0.250. The summed E-state index contributed by atoms with van der Waals surface area (Å²) < 4.78 is 19.7.